The molecule has 1 heterocycles. The first kappa shape index (κ1) is 18.9. The lowest BCUT2D eigenvalue weighted by Crippen LogP contribution is -2.38. The van der Waals surface area contributed by atoms with Crippen molar-refractivity contribution in [2.45, 2.75) is 12.8 Å². The summed E-state index contributed by atoms with van der Waals surface area (Å²) in [5, 5.41) is 5.65. The van der Waals surface area contributed by atoms with Crippen molar-refractivity contribution in [2.75, 3.05) is 45.9 Å². The Kier molecular flexibility index (Phi) is 8.21. The van der Waals surface area contributed by atoms with Gasteiger partial charge in [-0.25, -0.2) is 0 Å². The summed E-state index contributed by atoms with van der Waals surface area (Å²) in [4.78, 5) is 26.1. The average Bonchev–Trinajstić information content (AvgIpc) is 2.60. The van der Waals surface area contributed by atoms with E-state index in [1.54, 1.807) is 12.1 Å². The molecule has 0 radical (unpaired) electrons. The van der Waals surface area contributed by atoms with Gasteiger partial charge in [-0.3, -0.25) is 14.5 Å². The fourth-order valence-electron chi connectivity index (χ4n) is 2.47. The Morgan fingerprint density at radius 3 is 2.62 bits per heavy atom. The summed E-state index contributed by atoms with van der Waals surface area (Å²) in [6, 6.07) is 7.22. The molecular formula is C17H24BrN3O3. The molecule has 1 saturated heterocycles. The molecule has 0 unspecified atom stereocenters. The molecule has 24 heavy (non-hydrogen) atoms. The molecule has 132 valence electrons. The Bertz CT molecular complexity index is 548. The number of carbonyl (C=O) groups is 2. The van der Waals surface area contributed by atoms with E-state index in [9.17, 15) is 9.59 Å². The van der Waals surface area contributed by atoms with Gasteiger partial charge >= 0.3 is 0 Å². The number of ether oxygens (including phenoxy) is 1. The van der Waals surface area contributed by atoms with Gasteiger partial charge in [-0.1, -0.05) is 12.1 Å². The number of nitrogens with zero attached hydrogens (tertiary/aromatic N) is 1. The van der Waals surface area contributed by atoms with E-state index in [1.165, 1.54) is 0 Å². The second kappa shape index (κ2) is 10.4. The topological polar surface area (TPSA) is 70.7 Å². The van der Waals surface area contributed by atoms with Crippen molar-refractivity contribution < 1.29 is 14.3 Å². The van der Waals surface area contributed by atoms with Gasteiger partial charge in [0.2, 0.25) is 5.91 Å². The number of nitrogens with one attached hydrogen (secondary N) is 2. The molecule has 0 aromatic heterocycles. The number of halogens is 1. The molecule has 6 nitrogen and oxygen atoms in total. The number of hydrogen-bond acceptors (Lipinski definition) is 4. The number of benzene rings is 1. The predicted octanol–water partition coefficient (Wildman–Crippen LogP) is 1.41. The summed E-state index contributed by atoms with van der Waals surface area (Å²) in [7, 11) is 0. The highest BCUT2D eigenvalue weighted by atomic mass is 79.9. The quantitative estimate of drug-likeness (QED) is 0.650. The number of morpholine rings is 1. The van der Waals surface area contributed by atoms with Crippen LogP contribution in [-0.4, -0.2) is 62.7 Å². The zero-order chi connectivity index (χ0) is 17.2. The Morgan fingerprint density at radius 2 is 1.88 bits per heavy atom. The highest BCUT2D eigenvalue weighted by Crippen LogP contribution is 2.15. The first-order valence-electron chi connectivity index (χ1n) is 8.26. The van der Waals surface area contributed by atoms with Crippen molar-refractivity contribution in [3.63, 3.8) is 0 Å². The van der Waals surface area contributed by atoms with Gasteiger partial charge in [0.25, 0.3) is 5.91 Å². The number of rotatable bonds is 8. The van der Waals surface area contributed by atoms with Crippen LogP contribution in [0.2, 0.25) is 0 Å². The Balaban J connectivity index is 1.54. The minimum absolute atomic E-state index is 0.0376. The fraction of sp³-hybridized carbons (Fsp3) is 0.529. The van der Waals surface area contributed by atoms with Crippen molar-refractivity contribution in [2.24, 2.45) is 0 Å². The van der Waals surface area contributed by atoms with Gasteiger partial charge in [0, 0.05) is 37.1 Å². The summed E-state index contributed by atoms with van der Waals surface area (Å²) in [5.74, 6) is -0.216. The molecule has 7 heteroatoms. The van der Waals surface area contributed by atoms with Gasteiger partial charge in [0.15, 0.2) is 0 Å². The maximum absolute atomic E-state index is 12.0. The first-order valence-corrected chi connectivity index (χ1v) is 9.05. The van der Waals surface area contributed by atoms with Crippen LogP contribution in [0.15, 0.2) is 28.7 Å². The highest BCUT2D eigenvalue weighted by Gasteiger charge is 2.11. The van der Waals surface area contributed by atoms with Crippen molar-refractivity contribution in [1.29, 1.82) is 0 Å². The van der Waals surface area contributed by atoms with E-state index in [2.05, 4.69) is 31.5 Å². The van der Waals surface area contributed by atoms with Gasteiger partial charge in [-0.2, -0.15) is 0 Å². The third-order valence-electron chi connectivity index (χ3n) is 3.83. The zero-order valence-corrected chi connectivity index (χ0v) is 15.3. The normalized spacial score (nSPS) is 15.0. The average molecular weight is 398 g/mol. The molecular weight excluding hydrogens is 374 g/mol. The highest BCUT2D eigenvalue weighted by molar-refractivity contribution is 9.10. The molecule has 2 amide bonds. The van der Waals surface area contributed by atoms with Gasteiger partial charge < -0.3 is 15.4 Å². The van der Waals surface area contributed by atoms with Gasteiger partial charge in [0.05, 0.1) is 18.8 Å². The van der Waals surface area contributed by atoms with Crippen LogP contribution in [0.3, 0.4) is 0 Å². The van der Waals surface area contributed by atoms with Crippen LogP contribution in [0.25, 0.3) is 0 Å². The van der Waals surface area contributed by atoms with Gasteiger partial charge in [-0.05, 0) is 41.0 Å². The number of amides is 2. The Hall–Kier alpha value is -1.44. The lowest BCUT2D eigenvalue weighted by atomic mass is 10.2. The largest absolute Gasteiger partial charge is 0.379 e. The summed E-state index contributed by atoms with van der Waals surface area (Å²) >= 11 is 3.34. The van der Waals surface area contributed by atoms with Crippen LogP contribution in [0, 0.1) is 0 Å². The van der Waals surface area contributed by atoms with Gasteiger partial charge in [0.1, 0.15) is 0 Å². The van der Waals surface area contributed by atoms with Crippen molar-refractivity contribution in [3.8, 4) is 0 Å². The molecule has 0 saturated carbocycles. The van der Waals surface area contributed by atoms with Crippen molar-refractivity contribution in [3.05, 3.63) is 34.3 Å². The van der Waals surface area contributed by atoms with Crippen LogP contribution in [-0.2, 0) is 9.53 Å². The van der Waals surface area contributed by atoms with E-state index in [-0.39, 0.29) is 18.2 Å². The summed E-state index contributed by atoms with van der Waals surface area (Å²) < 4.78 is 6.04. The van der Waals surface area contributed by atoms with E-state index >= 15 is 0 Å². The molecule has 0 aliphatic carbocycles. The molecule has 0 bridgehead atoms. The summed E-state index contributed by atoms with van der Waals surface area (Å²) in [6.45, 7) is 5.49. The molecule has 1 aliphatic heterocycles. The van der Waals surface area contributed by atoms with Crippen molar-refractivity contribution in [1.82, 2.24) is 15.5 Å². The molecule has 1 aromatic rings. The molecule has 1 aliphatic rings. The molecule has 2 N–H and O–H groups in total. The van der Waals surface area contributed by atoms with E-state index < -0.39 is 0 Å². The van der Waals surface area contributed by atoms with E-state index in [4.69, 9.17) is 4.74 Å². The second-order valence-electron chi connectivity index (χ2n) is 5.64. The molecule has 0 atom stereocenters. The maximum Gasteiger partial charge on any atom is 0.252 e. The zero-order valence-electron chi connectivity index (χ0n) is 13.7. The first-order chi connectivity index (χ1) is 11.7. The maximum atomic E-state index is 12.0. The van der Waals surface area contributed by atoms with Crippen LogP contribution in [0.4, 0.5) is 0 Å². The van der Waals surface area contributed by atoms with Crippen molar-refractivity contribution >= 4 is 27.7 Å². The second-order valence-corrected chi connectivity index (χ2v) is 6.50. The fourth-order valence-corrected chi connectivity index (χ4v) is 2.94. The third-order valence-corrected chi connectivity index (χ3v) is 4.52. The summed E-state index contributed by atoms with van der Waals surface area (Å²) in [6.07, 6.45) is 1.21. The van der Waals surface area contributed by atoms with E-state index in [0.29, 0.717) is 18.7 Å². The van der Waals surface area contributed by atoms with Crippen LogP contribution >= 0.6 is 15.9 Å². The Morgan fingerprint density at radius 1 is 1.12 bits per heavy atom. The standard InChI is InChI=1S/C17H24BrN3O3/c18-15-5-2-1-4-14(15)17(23)20-8-6-16(22)19-7-3-9-21-10-12-24-13-11-21/h1-2,4-5H,3,6-13H2,(H,19,22)(H,20,23). The minimum Gasteiger partial charge on any atom is -0.379 e. The third kappa shape index (κ3) is 6.59. The molecule has 1 aromatic carbocycles. The molecule has 2 rings (SSSR count). The predicted molar refractivity (Wildman–Crippen MR) is 96.0 cm³/mol. The van der Waals surface area contributed by atoms with E-state index in [1.807, 2.05) is 12.1 Å². The Labute approximate surface area is 151 Å². The van der Waals surface area contributed by atoms with Crippen LogP contribution in [0.5, 0.6) is 0 Å². The minimum atomic E-state index is -0.178. The molecule has 1 fully saturated rings. The van der Waals surface area contributed by atoms with Crippen LogP contribution < -0.4 is 10.6 Å². The number of hydrogen-bond donors (Lipinski definition) is 2. The van der Waals surface area contributed by atoms with E-state index in [0.717, 1.165) is 43.7 Å². The monoisotopic (exact) mass is 397 g/mol. The smallest absolute Gasteiger partial charge is 0.252 e. The number of carbonyl (C=O) groups excluding carboxylic acids is 2. The summed E-state index contributed by atoms with van der Waals surface area (Å²) in [5.41, 5.74) is 0.573. The van der Waals surface area contributed by atoms with Crippen LogP contribution in [0.1, 0.15) is 23.2 Å². The lowest BCUT2D eigenvalue weighted by Gasteiger charge is -2.26. The van der Waals surface area contributed by atoms with Gasteiger partial charge in [-0.15, -0.1) is 0 Å². The molecule has 0 spiro atoms. The lowest BCUT2D eigenvalue weighted by molar-refractivity contribution is -0.120. The SMILES string of the molecule is O=C(CCNC(=O)c1ccccc1Br)NCCCN1CCOCC1.